The van der Waals surface area contributed by atoms with Gasteiger partial charge < -0.3 is 9.84 Å². The SMILES string of the molecule is Cc1cc(OC(F)F)ccc1-c1ccc2c(c1)CCN(C)[C@@H]2CCc1cnccc1C(=O)O. The molecule has 0 unspecified atom stereocenters. The summed E-state index contributed by atoms with van der Waals surface area (Å²) in [6.07, 6.45) is 5.46. The maximum absolute atomic E-state index is 12.5. The number of carboxylic acid groups (broad SMARTS) is 1. The van der Waals surface area contributed by atoms with E-state index in [9.17, 15) is 18.7 Å². The first-order valence-corrected chi connectivity index (χ1v) is 10.9. The van der Waals surface area contributed by atoms with Crippen molar-refractivity contribution in [2.45, 2.75) is 38.8 Å². The summed E-state index contributed by atoms with van der Waals surface area (Å²) in [5.74, 6) is -0.781. The van der Waals surface area contributed by atoms with Crippen LogP contribution in [0.5, 0.6) is 5.75 Å². The number of hydrogen-bond donors (Lipinski definition) is 1. The fourth-order valence-electron chi connectivity index (χ4n) is 4.64. The van der Waals surface area contributed by atoms with E-state index < -0.39 is 12.6 Å². The topological polar surface area (TPSA) is 62.7 Å². The Kier molecular flexibility index (Phi) is 6.70. The Balaban J connectivity index is 1.58. The number of carboxylic acids is 1. The number of aromatic nitrogens is 1. The number of fused-ring (bicyclic) bond motifs is 1. The minimum absolute atomic E-state index is 0.155. The van der Waals surface area contributed by atoms with Gasteiger partial charge in [0.2, 0.25) is 0 Å². The van der Waals surface area contributed by atoms with Gasteiger partial charge in [-0.25, -0.2) is 4.79 Å². The number of alkyl halides is 2. The number of hydrogen-bond acceptors (Lipinski definition) is 4. The molecule has 0 radical (unpaired) electrons. The lowest BCUT2D eigenvalue weighted by atomic mass is 9.86. The van der Waals surface area contributed by atoms with Crippen molar-refractivity contribution >= 4 is 5.97 Å². The van der Waals surface area contributed by atoms with Crippen LogP contribution in [0.25, 0.3) is 11.1 Å². The molecule has 0 saturated heterocycles. The number of halogens is 2. The second-order valence-corrected chi connectivity index (χ2v) is 8.39. The summed E-state index contributed by atoms with van der Waals surface area (Å²) in [7, 11) is 2.09. The van der Waals surface area contributed by atoms with E-state index in [1.807, 2.05) is 13.0 Å². The smallest absolute Gasteiger partial charge is 0.387 e. The number of nitrogens with zero attached hydrogens (tertiary/aromatic N) is 2. The van der Waals surface area contributed by atoms with Crippen LogP contribution in [-0.2, 0) is 12.8 Å². The van der Waals surface area contributed by atoms with Gasteiger partial charge in [0.1, 0.15) is 5.75 Å². The lowest BCUT2D eigenvalue weighted by Crippen LogP contribution is -2.32. The van der Waals surface area contributed by atoms with E-state index in [-0.39, 0.29) is 11.8 Å². The van der Waals surface area contributed by atoms with Crippen molar-refractivity contribution in [3.63, 3.8) is 0 Å². The minimum atomic E-state index is -2.84. The molecule has 0 spiro atoms. The van der Waals surface area contributed by atoms with Gasteiger partial charge in [0.15, 0.2) is 0 Å². The van der Waals surface area contributed by atoms with Crippen molar-refractivity contribution in [3.05, 3.63) is 82.7 Å². The zero-order valence-electron chi connectivity index (χ0n) is 18.6. The quantitative estimate of drug-likeness (QED) is 0.512. The van der Waals surface area contributed by atoms with Crippen molar-refractivity contribution in [3.8, 4) is 16.9 Å². The second-order valence-electron chi connectivity index (χ2n) is 8.39. The van der Waals surface area contributed by atoms with Crippen LogP contribution in [0.3, 0.4) is 0 Å². The second kappa shape index (κ2) is 9.67. The number of likely N-dealkylation sites (N-methyl/N-ethyl adjacent to an activating group) is 1. The highest BCUT2D eigenvalue weighted by Gasteiger charge is 2.25. The van der Waals surface area contributed by atoms with E-state index in [2.05, 4.69) is 39.9 Å². The molecule has 33 heavy (non-hydrogen) atoms. The van der Waals surface area contributed by atoms with Crippen molar-refractivity contribution in [2.75, 3.05) is 13.6 Å². The highest BCUT2D eigenvalue weighted by Crippen LogP contribution is 2.36. The molecule has 5 nitrogen and oxygen atoms in total. The molecule has 4 rings (SSSR count). The Morgan fingerprint density at radius 3 is 2.79 bits per heavy atom. The Morgan fingerprint density at radius 1 is 1.24 bits per heavy atom. The largest absolute Gasteiger partial charge is 0.478 e. The highest BCUT2D eigenvalue weighted by atomic mass is 19.3. The molecule has 1 aliphatic heterocycles. The lowest BCUT2D eigenvalue weighted by Gasteiger charge is -2.35. The van der Waals surface area contributed by atoms with Gasteiger partial charge in [-0.2, -0.15) is 8.78 Å². The van der Waals surface area contributed by atoms with Crippen LogP contribution >= 0.6 is 0 Å². The van der Waals surface area contributed by atoms with Gasteiger partial charge in [-0.1, -0.05) is 24.3 Å². The first-order chi connectivity index (χ1) is 15.8. The molecule has 0 aliphatic carbocycles. The van der Waals surface area contributed by atoms with Gasteiger partial charge in [0, 0.05) is 25.0 Å². The van der Waals surface area contributed by atoms with Crippen LogP contribution in [0.2, 0.25) is 0 Å². The Hall–Kier alpha value is -3.32. The van der Waals surface area contributed by atoms with Crippen LogP contribution in [0.15, 0.2) is 54.9 Å². The maximum atomic E-state index is 12.5. The third-order valence-electron chi connectivity index (χ3n) is 6.32. The number of aryl methyl sites for hydroxylation is 2. The predicted molar refractivity (Wildman–Crippen MR) is 122 cm³/mol. The zero-order chi connectivity index (χ0) is 23.5. The molecule has 172 valence electrons. The molecule has 0 amide bonds. The van der Waals surface area contributed by atoms with E-state index >= 15 is 0 Å². The molecule has 1 atom stereocenters. The highest BCUT2D eigenvalue weighted by molar-refractivity contribution is 5.89. The van der Waals surface area contributed by atoms with Gasteiger partial charge in [0.05, 0.1) is 5.56 Å². The molecule has 0 saturated carbocycles. The summed E-state index contributed by atoms with van der Waals surface area (Å²) in [4.78, 5) is 17.9. The molecular weight excluding hydrogens is 426 g/mol. The zero-order valence-corrected chi connectivity index (χ0v) is 18.6. The summed E-state index contributed by atoms with van der Waals surface area (Å²) in [5, 5.41) is 9.45. The van der Waals surface area contributed by atoms with Gasteiger partial charge in [0.25, 0.3) is 0 Å². The van der Waals surface area contributed by atoms with Crippen LogP contribution in [0.4, 0.5) is 8.78 Å². The van der Waals surface area contributed by atoms with E-state index in [4.69, 9.17) is 0 Å². The molecule has 0 bridgehead atoms. The molecule has 1 aliphatic rings. The van der Waals surface area contributed by atoms with Crippen molar-refractivity contribution < 1.29 is 23.4 Å². The van der Waals surface area contributed by atoms with Crippen LogP contribution < -0.4 is 4.74 Å². The summed E-state index contributed by atoms with van der Waals surface area (Å²) in [5.41, 5.74) is 6.43. The molecule has 7 heteroatoms. The number of pyridine rings is 1. The minimum Gasteiger partial charge on any atom is -0.478 e. The van der Waals surface area contributed by atoms with Crippen LogP contribution in [0.1, 0.15) is 45.1 Å². The predicted octanol–water partition coefficient (Wildman–Crippen LogP) is 5.52. The number of rotatable bonds is 7. The Bertz CT molecular complexity index is 1170. The standard InChI is InChI=1S/C26H26F2N2O3/c1-16-13-20(33-26(27)28)5-7-21(16)17-3-6-22-18(14-17)10-12-30(2)24(22)8-4-19-15-29-11-9-23(19)25(31)32/h3,5-7,9,11,13-15,24,26H,4,8,10,12H2,1-2H3,(H,31,32)/t24-/m1/s1. The van der Waals surface area contributed by atoms with Crippen molar-refractivity contribution in [1.29, 1.82) is 0 Å². The molecule has 2 aromatic carbocycles. The first kappa shape index (κ1) is 22.9. The fraction of sp³-hybridized carbons (Fsp3) is 0.308. The number of ether oxygens (including phenoxy) is 1. The number of carbonyl (C=O) groups is 1. The van der Waals surface area contributed by atoms with Gasteiger partial charge in [-0.3, -0.25) is 9.88 Å². The normalized spacial score (nSPS) is 16.0. The van der Waals surface area contributed by atoms with Crippen LogP contribution in [0, 0.1) is 6.92 Å². The molecule has 2 heterocycles. The monoisotopic (exact) mass is 452 g/mol. The number of aromatic carboxylic acids is 1. The Labute approximate surface area is 191 Å². The molecular formula is C26H26F2N2O3. The van der Waals surface area contributed by atoms with Crippen molar-refractivity contribution in [1.82, 2.24) is 9.88 Å². The average Bonchev–Trinajstić information content (AvgIpc) is 2.78. The van der Waals surface area contributed by atoms with Gasteiger partial charge in [-0.05, 0) is 84.8 Å². The average molecular weight is 453 g/mol. The molecule has 1 aromatic heterocycles. The van der Waals surface area contributed by atoms with E-state index in [0.29, 0.717) is 12.0 Å². The number of benzene rings is 2. The maximum Gasteiger partial charge on any atom is 0.387 e. The van der Waals surface area contributed by atoms with Gasteiger partial charge in [-0.15, -0.1) is 0 Å². The van der Waals surface area contributed by atoms with Crippen molar-refractivity contribution in [2.24, 2.45) is 0 Å². The summed E-state index contributed by atoms with van der Waals surface area (Å²) in [6.45, 7) is -0.0521. The third-order valence-corrected chi connectivity index (χ3v) is 6.32. The summed E-state index contributed by atoms with van der Waals surface area (Å²) >= 11 is 0. The molecule has 1 N–H and O–H groups in total. The van der Waals surface area contributed by atoms with E-state index in [1.54, 1.807) is 24.4 Å². The van der Waals surface area contributed by atoms with E-state index in [0.717, 1.165) is 41.6 Å². The van der Waals surface area contributed by atoms with E-state index in [1.165, 1.54) is 17.3 Å². The first-order valence-electron chi connectivity index (χ1n) is 10.9. The molecule has 3 aromatic rings. The van der Waals surface area contributed by atoms with Gasteiger partial charge >= 0.3 is 12.6 Å². The third kappa shape index (κ3) is 5.03. The summed E-state index contributed by atoms with van der Waals surface area (Å²) in [6, 6.07) is 13.1. The van der Waals surface area contributed by atoms with Crippen LogP contribution in [-0.4, -0.2) is 41.2 Å². The fourth-order valence-corrected chi connectivity index (χ4v) is 4.64. The summed E-state index contributed by atoms with van der Waals surface area (Å²) < 4.78 is 29.5. The lowest BCUT2D eigenvalue weighted by molar-refractivity contribution is -0.0498. The Morgan fingerprint density at radius 2 is 2.06 bits per heavy atom. The molecule has 0 fully saturated rings.